The molecule has 0 saturated heterocycles. The Morgan fingerprint density at radius 2 is 1.56 bits per heavy atom. The normalized spacial score (nSPS) is 11.7. The molecule has 0 amide bonds. The van der Waals surface area contributed by atoms with Crippen LogP contribution in [0.2, 0.25) is 0 Å². The summed E-state index contributed by atoms with van der Waals surface area (Å²) in [6, 6.07) is 8.91. The number of carbonyl (C=O) groups is 1. The van der Waals surface area contributed by atoms with Crippen LogP contribution in [0.5, 0.6) is 5.75 Å². The van der Waals surface area contributed by atoms with Crippen LogP contribution in [0.3, 0.4) is 0 Å². The van der Waals surface area contributed by atoms with E-state index in [1.54, 1.807) is 0 Å². The van der Waals surface area contributed by atoms with Gasteiger partial charge in [0.1, 0.15) is 15.8 Å². The van der Waals surface area contributed by atoms with E-state index in [0.717, 1.165) is 18.2 Å². The van der Waals surface area contributed by atoms with Crippen molar-refractivity contribution in [1.82, 2.24) is 0 Å². The maximum absolute atomic E-state index is 12.5. The van der Waals surface area contributed by atoms with Gasteiger partial charge in [-0.15, -0.1) is 5.11 Å². The molecule has 0 aliphatic rings. The van der Waals surface area contributed by atoms with Gasteiger partial charge in [-0.1, -0.05) is 23.9 Å². The van der Waals surface area contributed by atoms with Crippen LogP contribution in [0, 0.1) is 0 Å². The molecule has 0 bridgehead atoms. The Bertz CT molecular complexity index is 1440. The van der Waals surface area contributed by atoms with Crippen molar-refractivity contribution in [3.63, 3.8) is 0 Å². The first-order valence-corrected chi connectivity index (χ1v) is 10.7. The number of benzene rings is 3. The minimum absolute atomic E-state index is 0. The Morgan fingerprint density at radius 1 is 0.938 bits per heavy atom. The van der Waals surface area contributed by atoms with Crippen molar-refractivity contribution in [3.05, 3.63) is 54.1 Å². The first-order chi connectivity index (χ1) is 13.9. The van der Waals surface area contributed by atoms with Crippen LogP contribution in [-0.4, -0.2) is 37.0 Å². The van der Waals surface area contributed by atoms with E-state index in [9.17, 15) is 36.4 Å². The molecule has 0 saturated carbocycles. The Morgan fingerprint density at radius 3 is 2.12 bits per heavy atom. The summed E-state index contributed by atoms with van der Waals surface area (Å²) in [7, 11) is -9.93. The summed E-state index contributed by atoms with van der Waals surface area (Å²) in [6.45, 7) is 0. The molecule has 0 radical (unpaired) electrons. The molecule has 0 aromatic heterocycles. The number of carboxylic acid groups (broad SMARTS) is 1. The van der Waals surface area contributed by atoms with E-state index in [-0.39, 0.29) is 81.1 Å². The van der Waals surface area contributed by atoms with Crippen LogP contribution in [0.4, 0.5) is 11.4 Å². The van der Waals surface area contributed by atoms with Gasteiger partial charge in [-0.2, -0.15) is 13.5 Å². The fraction of sp³-hybridized carbons (Fsp3) is 0. The van der Waals surface area contributed by atoms with Crippen molar-refractivity contribution in [2.75, 3.05) is 0 Å². The van der Waals surface area contributed by atoms with Gasteiger partial charge in [-0.3, -0.25) is 4.55 Å². The summed E-state index contributed by atoms with van der Waals surface area (Å²) in [5.74, 6) is -2.63. The number of aromatic carboxylic acids is 1. The largest absolute Gasteiger partial charge is 1.00 e. The van der Waals surface area contributed by atoms with E-state index in [4.69, 9.17) is 4.55 Å². The van der Waals surface area contributed by atoms with Gasteiger partial charge in [0.15, 0.2) is 0 Å². The molecular weight excluding hydrogens is 486 g/mol. The second kappa shape index (κ2) is 10.7. The van der Waals surface area contributed by atoms with E-state index in [0.29, 0.717) is 6.07 Å². The average Bonchev–Trinajstić information content (AvgIpc) is 2.65. The van der Waals surface area contributed by atoms with Gasteiger partial charge >= 0.3 is 65.1 Å². The molecule has 3 aromatic carbocycles. The van der Waals surface area contributed by atoms with Gasteiger partial charge < -0.3 is 14.8 Å². The molecule has 3 rings (SSSR count). The molecule has 0 atom stereocenters. The number of azo groups is 1. The summed E-state index contributed by atoms with van der Waals surface area (Å²) in [5.41, 5.74) is -1.02. The molecule has 0 unspecified atom stereocenters. The predicted octanol–water partition coefficient (Wildman–Crippen LogP) is -3.81. The van der Waals surface area contributed by atoms with Crippen LogP contribution < -0.4 is 64.2 Å². The van der Waals surface area contributed by atoms with Crippen molar-refractivity contribution in [3.8, 4) is 5.75 Å². The summed E-state index contributed by atoms with van der Waals surface area (Å²) < 4.78 is 66.3. The first-order valence-electron chi connectivity index (χ1n) is 7.85. The molecule has 0 heterocycles. The van der Waals surface area contributed by atoms with Gasteiger partial charge in [-0.25, -0.2) is 13.2 Å². The first kappa shape index (κ1) is 28.6. The fourth-order valence-electron chi connectivity index (χ4n) is 2.61. The number of carboxylic acids is 1. The molecular formula is C17H10N2Na2O9S2. The van der Waals surface area contributed by atoms with Gasteiger partial charge in [-0.05, 0) is 35.7 Å². The molecule has 0 spiro atoms. The summed E-state index contributed by atoms with van der Waals surface area (Å²) in [4.78, 5) is 9.45. The van der Waals surface area contributed by atoms with Crippen LogP contribution >= 0.6 is 0 Å². The Hall–Kier alpha value is -1.39. The van der Waals surface area contributed by atoms with Gasteiger partial charge in [0, 0.05) is 10.3 Å². The Labute approximate surface area is 226 Å². The summed E-state index contributed by atoms with van der Waals surface area (Å²) in [5, 5.41) is 28.8. The molecule has 0 aliphatic heterocycles. The smallest absolute Gasteiger partial charge is 0.870 e. The fourth-order valence-corrected chi connectivity index (χ4v) is 3.72. The van der Waals surface area contributed by atoms with Crippen molar-refractivity contribution < 1.29 is 100 Å². The third kappa shape index (κ3) is 6.14. The third-order valence-corrected chi connectivity index (χ3v) is 5.65. The molecule has 0 aliphatic carbocycles. The topological polar surface area (TPSA) is 197 Å². The molecule has 11 nitrogen and oxygen atoms in total. The zero-order chi connectivity index (χ0) is 22.3. The van der Waals surface area contributed by atoms with E-state index < -0.39 is 47.4 Å². The molecule has 3 aromatic rings. The molecule has 156 valence electrons. The molecule has 15 heteroatoms. The van der Waals surface area contributed by atoms with E-state index in [1.165, 1.54) is 24.3 Å². The standard InChI is InChI=1S/C17H12N2O9S2.2Na/c20-16-14(30(26,27)28)8-9-7-10(29(23,24)25)5-6-11(9)15(16)19-18-13-4-2-1-3-12(13)17(21)22;;/h1-8,20H,(H,21,22)(H,23,24,25)(H,26,27,28);;/q;2*+1/p-2. The molecule has 2 N–H and O–H groups in total. The SMILES string of the molecule is O=C(O)c1ccccc1N=Nc1c([O-])c(S(=O)(=O)[O-])cc2cc(S(=O)(=O)O)ccc12.[Na+].[Na+]. The van der Waals surface area contributed by atoms with E-state index in [1.807, 2.05) is 0 Å². The number of hydrogen-bond acceptors (Lipinski definition) is 9. The number of rotatable bonds is 5. The van der Waals surface area contributed by atoms with Crippen LogP contribution in [0.1, 0.15) is 10.4 Å². The van der Waals surface area contributed by atoms with Crippen molar-refractivity contribution in [1.29, 1.82) is 0 Å². The maximum Gasteiger partial charge on any atom is 1.00 e. The average molecular weight is 496 g/mol. The quantitative estimate of drug-likeness (QED) is 0.202. The van der Waals surface area contributed by atoms with Gasteiger partial charge in [0.25, 0.3) is 10.1 Å². The van der Waals surface area contributed by atoms with Gasteiger partial charge in [0.05, 0.1) is 16.1 Å². The van der Waals surface area contributed by atoms with Crippen molar-refractivity contribution in [2.24, 2.45) is 10.2 Å². The Kier molecular flexibility index (Phi) is 9.57. The zero-order valence-electron chi connectivity index (χ0n) is 16.6. The number of nitrogens with zero attached hydrogens (tertiary/aromatic N) is 2. The van der Waals surface area contributed by atoms with Crippen LogP contribution in [0.25, 0.3) is 10.8 Å². The predicted molar refractivity (Wildman–Crippen MR) is 98.7 cm³/mol. The van der Waals surface area contributed by atoms with Crippen molar-refractivity contribution >= 4 is 48.4 Å². The second-order valence-corrected chi connectivity index (χ2v) is 8.66. The number of hydrogen-bond donors (Lipinski definition) is 2. The minimum Gasteiger partial charge on any atom is -0.870 e. The molecule has 0 fully saturated rings. The molecule has 32 heavy (non-hydrogen) atoms. The second-order valence-electron chi connectivity index (χ2n) is 5.89. The van der Waals surface area contributed by atoms with E-state index in [2.05, 4.69) is 10.2 Å². The monoisotopic (exact) mass is 496 g/mol. The van der Waals surface area contributed by atoms with Gasteiger partial charge in [0.2, 0.25) is 0 Å². The summed E-state index contributed by atoms with van der Waals surface area (Å²) >= 11 is 0. The van der Waals surface area contributed by atoms with E-state index >= 15 is 0 Å². The summed E-state index contributed by atoms with van der Waals surface area (Å²) in [6.07, 6.45) is 0. The Balaban J connectivity index is 0.00000256. The van der Waals surface area contributed by atoms with Crippen LogP contribution in [0.15, 0.2) is 68.6 Å². The zero-order valence-corrected chi connectivity index (χ0v) is 22.2. The van der Waals surface area contributed by atoms with Crippen molar-refractivity contribution in [2.45, 2.75) is 9.79 Å². The third-order valence-electron chi connectivity index (χ3n) is 3.96. The minimum atomic E-state index is -5.27. The maximum atomic E-state index is 12.5. The van der Waals surface area contributed by atoms with Crippen LogP contribution in [-0.2, 0) is 20.2 Å². The number of fused-ring (bicyclic) bond motifs is 1.